The fourth-order valence-corrected chi connectivity index (χ4v) is 1.91. The molecule has 0 radical (unpaired) electrons. The van der Waals surface area contributed by atoms with Crippen LogP contribution in [-0.4, -0.2) is 13.7 Å². The van der Waals surface area contributed by atoms with Gasteiger partial charge in [-0.05, 0) is 36.4 Å². The van der Waals surface area contributed by atoms with Crippen LogP contribution in [0.5, 0.6) is 11.5 Å². The molecule has 3 nitrogen and oxygen atoms in total. The molecule has 4 heteroatoms. The third kappa shape index (κ3) is 4.46. The Kier molecular flexibility index (Phi) is 5.58. The van der Waals surface area contributed by atoms with E-state index in [0.717, 1.165) is 18.8 Å². The average molecular weight is 289 g/mol. The Labute approximate surface area is 124 Å². The fraction of sp³-hybridized carbons (Fsp3) is 0.294. The maximum atomic E-state index is 13.8. The van der Waals surface area contributed by atoms with Crippen molar-refractivity contribution in [1.82, 2.24) is 5.32 Å². The van der Waals surface area contributed by atoms with E-state index in [-0.39, 0.29) is 12.4 Å². The Morgan fingerprint density at radius 3 is 2.38 bits per heavy atom. The van der Waals surface area contributed by atoms with Crippen molar-refractivity contribution >= 4 is 0 Å². The number of rotatable bonds is 7. The molecule has 0 heterocycles. The number of hydrogen-bond acceptors (Lipinski definition) is 3. The summed E-state index contributed by atoms with van der Waals surface area (Å²) >= 11 is 0. The van der Waals surface area contributed by atoms with Gasteiger partial charge in [0.1, 0.15) is 23.9 Å². The van der Waals surface area contributed by atoms with Gasteiger partial charge >= 0.3 is 0 Å². The first-order chi connectivity index (χ1) is 10.2. The van der Waals surface area contributed by atoms with E-state index < -0.39 is 0 Å². The minimum absolute atomic E-state index is 0.197. The number of halogens is 1. The van der Waals surface area contributed by atoms with Gasteiger partial charge in [-0.25, -0.2) is 4.39 Å². The molecule has 0 aromatic heterocycles. The number of hydrogen-bond donors (Lipinski definition) is 1. The molecular weight excluding hydrogens is 269 g/mol. The summed E-state index contributed by atoms with van der Waals surface area (Å²) in [6.45, 7) is 4.04. The normalized spacial score (nSPS) is 10.4. The van der Waals surface area contributed by atoms with Gasteiger partial charge in [-0.2, -0.15) is 0 Å². The molecule has 112 valence electrons. The standard InChI is InChI=1S/C17H20FNO2/c1-3-19-11-13-4-7-15(8-5-13)21-12-14-6-9-16(20-2)10-17(14)18/h4-10,19H,3,11-12H2,1-2H3. The van der Waals surface area contributed by atoms with Crippen LogP contribution in [0.2, 0.25) is 0 Å². The van der Waals surface area contributed by atoms with E-state index in [0.29, 0.717) is 11.3 Å². The molecule has 2 aromatic carbocycles. The maximum Gasteiger partial charge on any atom is 0.133 e. The van der Waals surface area contributed by atoms with E-state index in [1.165, 1.54) is 18.7 Å². The van der Waals surface area contributed by atoms with Crippen molar-refractivity contribution in [2.75, 3.05) is 13.7 Å². The van der Waals surface area contributed by atoms with E-state index in [9.17, 15) is 4.39 Å². The lowest BCUT2D eigenvalue weighted by molar-refractivity contribution is 0.299. The lowest BCUT2D eigenvalue weighted by Crippen LogP contribution is -2.11. The second kappa shape index (κ2) is 7.64. The van der Waals surface area contributed by atoms with Crippen molar-refractivity contribution in [3.8, 4) is 11.5 Å². The van der Waals surface area contributed by atoms with Crippen LogP contribution in [0, 0.1) is 5.82 Å². The largest absolute Gasteiger partial charge is 0.497 e. The summed E-state index contributed by atoms with van der Waals surface area (Å²) in [5, 5.41) is 3.26. The zero-order chi connectivity index (χ0) is 15.1. The van der Waals surface area contributed by atoms with Gasteiger partial charge in [-0.15, -0.1) is 0 Å². The smallest absolute Gasteiger partial charge is 0.133 e. The highest BCUT2D eigenvalue weighted by Crippen LogP contribution is 2.19. The molecule has 2 rings (SSSR count). The average Bonchev–Trinajstić information content (AvgIpc) is 2.52. The van der Waals surface area contributed by atoms with E-state index in [1.807, 2.05) is 24.3 Å². The molecule has 21 heavy (non-hydrogen) atoms. The lowest BCUT2D eigenvalue weighted by Gasteiger charge is -2.09. The van der Waals surface area contributed by atoms with Crippen LogP contribution >= 0.6 is 0 Å². The summed E-state index contributed by atoms with van der Waals surface area (Å²) in [4.78, 5) is 0. The van der Waals surface area contributed by atoms with E-state index in [2.05, 4.69) is 12.2 Å². The molecule has 2 aromatic rings. The first-order valence-corrected chi connectivity index (χ1v) is 6.97. The highest BCUT2D eigenvalue weighted by atomic mass is 19.1. The molecule has 0 amide bonds. The molecule has 0 saturated carbocycles. The Morgan fingerprint density at radius 1 is 1.05 bits per heavy atom. The lowest BCUT2D eigenvalue weighted by atomic mass is 10.2. The molecule has 0 saturated heterocycles. The first-order valence-electron chi connectivity index (χ1n) is 6.97. The highest BCUT2D eigenvalue weighted by molar-refractivity contribution is 5.30. The van der Waals surface area contributed by atoms with Gasteiger partial charge in [-0.3, -0.25) is 0 Å². The summed E-state index contributed by atoms with van der Waals surface area (Å²) in [5.41, 5.74) is 1.70. The predicted molar refractivity (Wildman–Crippen MR) is 81.1 cm³/mol. The predicted octanol–water partition coefficient (Wildman–Crippen LogP) is 3.52. The summed E-state index contributed by atoms with van der Waals surface area (Å²) < 4.78 is 24.4. The van der Waals surface area contributed by atoms with Gasteiger partial charge in [0.05, 0.1) is 7.11 Å². The third-order valence-corrected chi connectivity index (χ3v) is 3.16. The van der Waals surface area contributed by atoms with Crippen LogP contribution in [0.15, 0.2) is 42.5 Å². The molecule has 0 fully saturated rings. The molecule has 0 aliphatic heterocycles. The summed E-state index contributed by atoms with van der Waals surface area (Å²) in [6, 6.07) is 12.6. The third-order valence-electron chi connectivity index (χ3n) is 3.16. The molecule has 0 aliphatic rings. The second-order valence-corrected chi connectivity index (χ2v) is 4.67. The number of methoxy groups -OCH3 is 1. The zero-order valence-electron chi connectivity index (χ0n) is 12.4. The molecule has 1 N–H and O–H groups in total. The Hall–Kier alpha value is -2.07. The molecule has 0 aliphatic carbocycles. The van der Waals surface area contributed by atoms with Gasteiger partial charge in [0.25, 0.3) is 0 Å². The van der Waals surface area contributed by atoms with Gasteiger partial charge in [-0.1, -0.05) is 19.1 Å². The van der Waals surface area contributed by atoms with Crippen molar-refractivity contribution in [2.45, 2.75) is 20.1 Å². The van der Waals surface area contributed by atoms with Gasteiger partial charge < -0.3 is 14.8 Å². The van der Waals surface area contributed by atoms with Crippen LogP contribution in [0.1, 0.15) is 18.1 Å². The van der Waals surface area contributed by atoms with Crippen LogP contribution in [-0.2, 0) is 13.2 Å². The second-order valence-electron chi connectivity index (χ2n) is 4.67. The van der Waals surface area contributed by atoms with Crippen molar-refractivity contribution in [3.05, 3.63) is 59.4 Å². The monoisotopic (exact) mass is 289 g/mol. The van der Waals surface area contributed by atoms with Gasteiger partial charge in [0, 0.05) is 18.2 Å². The molecule has 0 atom stereocenters. The summed E-state index contributed by atoms with van der Waals surface area (Å²) in [6.07, 6.45) is 0. The minimum Gasteiger partial charge on any atom is -0.497 e. The van der Waals surface area contributed by atoms with E-state index in [4.69, 9.17) is 9.47 Å². The topological polar surface area (TPSA) is 30.5 Å². The van der Waals surface area contributed by atoms with Crippen molar-refractivity contribution < 1.29 is 13.9 Å². The molecule has 0 bridgehead atoms. The maximum absolute atomic E-state index is 13.8. The fourth-order valence-electron chi connectivity index (χ4n) is 1.91. The first kappa shape index (κ1) is 15.3. The number of nitrogens with one attached hydrogen (secondary N) is 1. The van der Waals surface area contributed by atoms with E-state index in [1.54, 1.807) is 12.1 Å². The zero-order valence-corrected chi connectivity index (χ0v) is 12.4. The highest BCUT2D eigenvalue weighted by Gasteiger charge is 2.05. The Balaban J connectivity index is 1.93. The van der Waals surface area contributed by atoms with Crippen molar-refractivity contribution in [2.24, 2.45) is 0 Å². The SMILES string of the molecule is CCNCc1ccc(OCc2ccc(OC)cc2F)cc1. The quantitative estimate of drug-likeness (QED) is 0.846. The minimum atomic E-state index is -0.321. The number of ether oxygens (including phenoxy) is 2. The van der Waals surface area contributed by atoms with E-state index >= 15 is 0 Å². The van der Waals surface area contributed by atoms with Crippen LogP contribution < -0.4 is 14.8 Å². The van der Waals surface area contributed by atoms with Crippen molar-refractivity contribution in [3.63, 3.8) is 0 Å². The number of benzene rings is 2. The Bertz CT molecular complexity index is 570. The van der Waals surface area contributed by atoms with Gasteiger partial charge in [0.15, 0.2) is 0 Å². The molecule has 0 spiro atoms. The Morgan fingerprint density at radius 2 is 1.76 bits per heavy atom. The molecule has 0 unspecified atom stereocenters. The van der Waals surface area contributed by atoms with Crippen LogP contribution in [0.3, 0.4) is 0 Å². The van der Waals surface area contributed by atoms with Crippen LogP contribution in [0.4, 0.5) is 4.39 Å². The van der Waals surface area contributed by atoms with Gasteiger partial charge in [0.2, 0.25) is 0 Å². The van der Waals surface area contributed by atoms with Crippen LogP contribution in [0.25, 0.3) is 0 Å². The molecular formula is C17H20FNO2. The summed E-state index contributed by atoms with van der Waals surface area (Å²) in [7, 11) is 1.51. The van der Waals surface area contributed by atoms with Crippen molar-refractivity contribution in [1.29, 1.82) is 0 Å². The summed E-state index contributed by atoms with van der Waals surface area (Å²) in [5.74, 6) is 0.910.